The zero-order chi connectivity index (χ0) is 22.1. The molecule has 2 heterocycles. The van der Waals surface area contributed by atoms with Gasteiger partial charge >= 0.3 is 5.97 Å². The summed E-state index contributed by atoms with van der Waals surface area (Å²) in [6.07, 6.45) is 14.9. The van der Waals surface area contributed by atoms with Gasteiger partial charge in [0.15, 0.2) is 0 Å². The Kier molecular flexibility index (Phi) is 7.78. The Hall–Kier alpha value is -3.65. The minimum absolute atomic E-state index is 0.0171. The molecule has 0 unspecified atom stereocenters. The second kappa shape index (κ2) is 10.9. The van der Waals surface area contributed by atoms with Crippen molar-refractivity contribution < 1.29 is 29.0 Å². The van der Waals surface area contributed by atoms with Crippen LogP contribution >= 0.6 is 0 Å². The number of rotatable bonds is 6. The molecular formula is C23H24N2O6. The standard InChI is InChI=1S/C23H24N2O6/c1-29-25-14-6-12-21(27)24-13-5-9-17-15-20-19(31-20)11-3-2-7-16-8-4-10-18(26)22(16)23(28)30-17/h2-8,10-14,17,19-20,26H,9,15H2,1H3,(H,24,27)/b7-2+,11-3-,12-6-,13-5-,25-14-/t17-,19+,20-/m0/s1. The van der Waals surface area contributed by atoms with Gasteiger partial charge in [0.05, 0.1) is 12.3 Å². The van der Waals surface area contributed by atoms with Gasteiger partial charge in [0.25, 0.3) is 0 Å². The van der Waals surface area contributed by atoms with Gasteiger partial charge in [0, 0.05) is 25.1 Å². The van der Waals surface area contributed by atoms with Crippen molar-refractivity contribution in [2.45, 2.75) is 31.2 Å². The van der Waals surface area contributed by atoms with Crippen LogP contribution in [0.15, 0.2) is 66.0 Å². The Labute approximate surface area is 180 Å². The SMILES string of the molecule is CO/N=C\C=C/C(=O)N/C=C\C[C@H]1C[C@@H]2O[C@@H]2/C=C\C=C\c2cccc(O)c2C(=O)O1. The summed E-state index contributed by atoms with van der Waals surface area (Å²) in [6.45, 7) is 0. The van der Waals surface area contributed by atoms with Gasteiger partial charge in [-0.3, -0.25) is 4.79 Å². The molecule has 0 saturated carbocycles. The van der Waals surface area contributed by atoms with Crippen LogP contribution in [0.3, 0.4) is 0 Å². The average molecular weight is 424 g/mol. The van der Waals surface area contributed by atoms with Crippen molar-refractivity contribution in [2.24, 2.45) is 5.16 Å². The second-order valence-corrected chi connectivity index (χ2v) is 6.83. The number of benzene rings is 1. The lowest BCUT2D eigenvalue weighted by Crippen LogP contribution is -2.21. The molecule has 3 atom stereocenters. The van der Waals surface area contributed by atoms with Gasteiger partial charge in [-0.2, -0.15) is 0 Å². The highest BCUT2D eigenvalue weighted by atomic mass is 16.6. The number of phenols is 1. The molecule has 31 heavy (non-hydrogen) atoms. The summed E-state index contributed by atoms with van der Waals surface area (Å²) in [5.41, 5.74) is 0.681. The lowest BCUT2D eigenvalue weighted by Gasteiger charge is -2.17. The van der Waals surface area contributed by atoms with Gasteiger partial charge in [0.1, 0.15) is 30.6 Å². The van der Waals surface area contributed by atoms with Crippen molar-refractivity contribution in [3.63, 3.8) is 0 Å². The molecule has 1 saturated heterocycles. The highest BCUT2D eigenvalue weighted by Gasteiger charge is 2.39. The van der Waals surface area contributed by atoms with E-state index >= 15 is 0 Å². The Bertz CT molecular complexity index is 947. The van der Waals surface area contributed by atoms with Crippen molar-refractivity contribution in [1.29, 1.82) is 0 Å². The fourth-order valence-electron chi connectivity index (χ4n) is 3.06. The Balaban J connectivity index is 1.66. The van der Waals surface area contributed by atoms with Crippen LogP contribution in [0.2, 0.25) is 0 Å². The second-order valence-electron chi connectivity index (χ2n) is 6.83. The minimum Gasteiger partial charge on any atom is -0.507 e. The molecule has 2 N–H and O–H groups in total. The molecule has 0 spiro atoms. The van der Waals surface area contributed by atoms with Crippen molar-refractivity contribution in [3.05, 3.63) is 72.0 Å². The third-order valence-corrected chi connectivity index (χ3v) is 4.60. The fourth-order valence-corrected chi connectivity index (χ4v) is 3.06. The number of nitrogens with zero attached hydrogens (tertiary/aromatic N) is 1. The van der Waals surface area contributed by atoms with E-state index in [0.717, 1.165) is 0 Å². The molecule has 2 aliphatic rings. The van der Waals surface area contributed by atoms with Crippen molar-refractivity contribution in [3.8, 4) is 5.75 Å². The molecule has 0 radical (unpaired) electrons. The molecule has 1 amide bonds. The smallest absolute Gasteiger partial charge is 0.342 e. The maximum atomic E-state index is 12.8. The van der Waals surface area contributed by atoms with E-state index in [0.29, 0.717) is 18.4 Å². The maximum absolute atomic E-state index is 12.8. The molecular weight excluding hydrogens is 400 g/mol. The zero-order valence-corrected chi connectivity index (χ0v) is 17.0. The number of ether oxygens (including phenoxy) is 2. The third kappa shape index (κ3) is 6.68. The average Bonchev–Trinajstić information content (AvgIpc) is 3.48. The molecule has 8 nitrogen and oxygen atoms in total. The van der Waals surface area contributed by atoms with Gasteiger partial charge in [-0.25, -0.2) is 4.79 Å². The molecule has 1 aromatic carbocycles. The predicted octanol–water partition coefficient (Wildman–Crippen LogP) is 2.87. The van der Waals surface area contributed by atoms with Crippen LogP contribution in [-0.2, 0) is 19.1 Å². The van der Waals surface area contributed by atoms with Crippen LogP contribution in [0.1, 0.15) is 28.8 Å². The van der Waals surface area contributed by atoms with E-state index in [4.69, 9.17) is 9.47 Å². The highest BCUT2D eigenvalue weighted by Crippen LogP contribution is 2.31. The summed E-state index contributed by atoms with van der Waals surface area (Å²) in [4.78, 5) is 29.0. The quantitative estimate of drug-likeness (QED) is 0.239. The Morgan fingerprint density at radius 3 is 3.10 bits per heavy atom. The molecule has 162 valence electrons. The zero-order valence-electron chi connectivity index (χ0n) is 17.0. The lowest BCUT2D eigenvalue weighted by atomic mass is 10.0. The predicted molar refractivity (Wildman–Crippen MR) is 115 cm³/mol. The molecule has 1 fully saturated rings. The van der Waals surface area contributed by atoms with E-state index in [1.807, 2.05) is 12.2 Å². The first kappa shape index (κ1) is 22.0. The number of oxime groups is 1. The Morgan fingerprint density at radius 1 is 1.39 bits per heavy atom. The molecule has 1 aromatic rings. The number of fused-ring (bicyclic) bond motifs is 2. The topological polar surface area (TPSA) is 110 Å². The first-order chi connectivity index (χ1) is 15.1. The van der Waals surface area contributed by atoms with Gasteiger partial charge < -0.3 is 24.7 Å². The number of amides is 1. The van der Waals surface area contributed by atoms with E-state index < -0.39 is 12.1 Å². The van der Waals surface area contributed by atoms with Crippen molar-refractivity contribution in [2.75, 3.05) is 7.11 Å². The van der Waals surface area contributed by atoms with E-state index in [-0.39, 0.29) is 29.4 Å². The number of phenolic OH excluding ortho intramolecular Hbond substituents is 1. The van der Waals surface area contributed by atoms with Gasteiger partial charge in [-0.05, 0) is 17.7 Å². The summed E-state index contributed by atoms with van der Waals surface area (Å²) in [6, 6.07) is 4.85. The third-order valence-electron chi connectivity index (χ3n) is 4.60. The van der Waals surface area contributed by atoms with Crippen LogP contribution in [-0.4, -0.2) is 48.6 Å². The van der Waals surface area contributed by atoms with E-state index in [9.17, 15) is 14.7 Å². The number of cyclic esters (lactones) is 1. The van der Waals surface area contributed by atoms with Gasteiger partial charge in [-0.1, -0.05) is 47.7 Å². The number of esters is 1. The first-order valence-electron chi connectivity index (χ1n) is 9.80. The molecule has 0 aliphatic carbocycles. The van der Waals surface area contributed by atoms with Crippen LogP contribution in [0.4, 0.5) is 0 Å². The molecule has 3 rings (SSSR count). The minimum atomic E-state index is -0.609. The van der Waals surface area contributed by atoms with Crippen LogP contribution in [0.5, 0.6) is 5.75 Å². The monoisotopic (exact) mass is 424 g/mol. The number of aromatic hydroxyl groups is 1. The fraction of sp³-hybridized carbons (Fsp3) is 0.261. The van der Waals surface area contributed by atoms with Crippen molar-refractivity contribution >= 4 is 24.2 Å². The molecule has 0 aromatic heterocycles. The normalized spacial score (nSPS) is 25.2. The van der Waals surface area contributed by atoms with Crippen LogP contribution < -0.4 is 5.32 Å². The van der Waals surface area contributed by atoms with E-state index in [1.54, 1.807) is 30.4 Å². The number of hydrogen-bond donors (Lipinski definition) is 2. The summed E-state index contributed by atoms with van der Waals surface area (Å²) in [5.74, 6) is -1.09. The number of hydrogen-bond acceptors (Lipinski definition) is 7. The van der Waals surface area contributed by atoms with E-state index in [1.165, 1.54) is 37.7 Å². The van der Waals surface area contributed by atoms with Crippen molar-refractivity contribution in [1.82, 2.24) is 5.32 Å². The summed E-state index contributed by atoms with van der Waals surface area (Å²) in [5, 5.41) is 16.3. The number of carbonyl (C=O) groups excluding carboxylic acids is 2. The highest BCUT2D eigenvalue weighted by molar-refractivity contribution is 5.96. The van der Waals surface area contributed by atoms with E-state index in [2.05, 4.69) is 15.3 Å². The van der Waals surface area contributed by atoms with Crippen LogP contribution in [0.25, 0.3) is 6.08 Å². The maximum Gasteiger partial charge on any atom is 0.342 e. The molecule has 2 aliphatic heterocycles. The number of nitrogens with one attached hydrogen (secondary N) is 1. The largest absolute Gasteiger partial charge is 0.507 e. The number of epoxide rings is 1. The van der Waals surface area contributed by atoms with Gasteiger partial charge in [-0.15, -0.1) is 0 Å². The Morgan fingerprint density at radius 2 is 2.26 bits per heavy atom. The summed E-state index contributed by atoms with van der Waals surface area (Å²) < 4.78 is 11.3. The van der Waals surface area contributed by atoms with Gasteiger partial charge in [0.2, 0.25) is 5.91 Å². The molecule has 8 heteroatoms. The molecule has 0 bridgehead atoms. The lowest BCUT2D eigenvalue weighted by molar-refractivity contribution is -0.115. The number of carbonyl (C=O) groups is 2. The summed E-state index contributed by atoms with van der Waals surface area (Å²) >= 11 is 0. The van der Waals surface area contributed by atoms with Crippen LogP contribution in [0, 0.1) is 0 Å². The first-order valence-corrected chi connectivity index (χ1v) is 9.80. The summed E-state index contributed by atoms with van der Waals surface area (Å²) in [7, 11) is 1.41. The number of allylic oxidation sites excluding steroid dienone is 3.